The number of fused-ring (bicyclic) bond motifs is 1. The zero-order chi connectivity index (χ0) is 20.4. The number of benzene rings is 1. The average Bonchev–Trinajstić information content (AvgIpc) is 3.10. The van der Waals surface area contributed by atoms with Gasteiger partial charge in [0.05, 0.1) is 18.1 Å². The van der Waals surface area contributed by atoms with Crippen LogP contribution in [-0.2, 0) is 11.8 Å². The molecule has 0 aliphatic carbocycles. The highest BCUT2D eigenvalue weighted by molar-refractivity contribution is 5.97. The van der Waals surface area contributed by atoms with Crippen LogP contribution in [-0.4, -0.2) is 69.1 Å². The topological polar surface area (TPSA) is 96.2 Å². The van der Waals surface area contributed by atoms with E-state index in [1.807, 2.05) is 7.05 Å². The van der Waals surface area contributed by atoms with Crippen LogP contribution in [0.2, 0.25) is 0 Å². The number of aryl methyl sites for hydroxylation is 1. The van der Waals surface area contributed by atoms with Gasteiger partial charge in [0.1, 0.15) is 12.1 Å². The summed E-state index contributed by atoms with van der Waals surface area (Å²) in [4.78, 5) is 36.9. The van der Waals surface area contributed by atoms with Crippen LogP contribution in [0.15, 0.2) is 36.8 Å². The van der Waals surface area contributed by atoms with Crippen molar-refractivity contribution in [1.82, 2.24) is 24.6 Å². The van der Waals surface area contributed by atoms with E-state index in [-0.39, 0.29) is 11.7 Å². The quantitative estimate of drug-likeness (QED) is 0.653. The Morgan fingerprint density at radius 3 is 2.69 bits per heavy atom. The van der Waals surface area contributed by atoms with Crippen LogP contribution in [0, 0.1) is 0 Å². The van der Waals surface area contributed by atoms with Crippen LogP contribution in [0.25, 0.3) is 11.0 Å². The molecule has 0 saturated carbocycles. The summed E-state index contributed by atoms with van der Waals surface area (Å²) in [6.45, 7) is 4.88. The second-order valence-electron chi connectivity index (χ2n) is 7.15. The Morgan fingerprint density at radius 2 is 1.93 bits per heavy atom. The predicted octanol–water partition coefficient (Wildman–Crippen LogP) is 1.33. The number of nitrogens with one attached hydrogen (secondary N) is 1. The fraction of sp³-hybridized carbons (Fsp3) is 0.350. The molecule has 9 heteroatoms. The van der Waals surface area contributed by atoms with Crippen molar-refractivity contribution in [3.63, 3.8) is 0 Å². The Bertz CT molecular complexity index is 1050. The number of amides is 1. The molecule has 1 saturated heterocycles. The number of hydrogen-bond acceptors (Lipinski definition) is 7. The summed E-state index contributed by atoms with van der Waals surface area (Å²) < 4.78 is 1.74. The van der Waals surface area contributed by atoms with Gasteiger partial charge in [-0.05, 0) is 19.1 Å². The number of anilines is 2. The number of piperazine rings is 1. The number of carbonyl (C=O) groups is 2. The molecule has 9 nitrogen and oxygen atoms in total. The van der Waals surface area contributed by atoms with Crippen molar-refractivity contribution in [2.75, 3.05) is 42.9 Å². The number of nitrogens with zero attached hydrogens (tertiary/aromatic N) is 6. The molecule has 3 aromatic rings. The Kier molecular flexibility index (Phi) is 5.22. The smallest absolute Gasteiger partial charge is 0.238 e. The van der Waals surface area contributed by atoms with Crippen molar-refractivity contribution in [2.24, 2.45) is 7.05 Å². The Balaban J connectivity index is 1.34. The fourth-order valence-electron chi connectivity index (χ4n) is 3.54. The van der Waals surface area contributed by atoms with E-state index >= 15 is 0 Å². The number of carbonyl (C=O) groups excluding carboxylic acids is 2. The van der Waals surface area contributed by atoms with E-state index in [1.54, 1.807) is 41.5 Å². The Labute approximate surface area is 168 Å². The van der Waals surface area contributed by atoms with E-state index in [1.165, 1.54) is 6.92 Å². The third-order valence-electron chi connectivity index (χ3n) is 5.10. The van der Waals surface area contributed by atoms with Crippen LogP contribution in [0.4, 0.5) is 11.5 Å². The minimum atomic E-state index is -0.0872. The van der Waals surface area contributed by atoms with E-state index in [4.69, 9.17) is 0 Å². The van der Waals surface area contributed by atoms with Gasteiger partial charge in [-0.1, -0.05) is 12.1 Å². The molecular formula is C20H23N7O2. The molecule has 1 fully saturated rings. The summed E-state index contributed by atoms with van der Waals surface area (Å²) in [5, 5.41) is 8.08. The highest BCUT2D eigenvalue weighted by atomic mass is 16.2. The molecule has 0 bridgehead atoms. The number of aromatic nitrogens is 4. The van der Waals surface area contributed by atoms with Gasteiger partial charge in [-0.15, -0.1) is 0 Å². The third kappa shape index (κ3) is 4.09. The summed E-state index contributed by atoms with van der Waals surface area (Å²) in [5.74, 6) is 0.772. The number of hydrogen-bond donors (Lipinski definition) is 1. The summed E-state index contributed by atoms with van der Waals surface area (Å²) in [5.41, 5.74) is 2.04. The summed E-state index contributed by atoms with van der Waals surface area (Å²) in [7, 11) is 1.86. The molecule has 1 aromatic carbocycles. The van der Waals surface area contributed by atoms with Crippen molar-refractivity contribution in [3.05, 3.63) is 42.4 Å². The summed E-state index contributed by atoms with van der Waals surface area (Å²) in [6, 6.07) is 7.00. The monoisotopic (exact) mass is 393 g/mol. The van der Waals surface area contributed by atoms with Crippen LogP contribution in [0.5, 0.6) is 0 Å². The Hall–Kier alpha value is -3.33. The second-order valence-corrected chi connectivity index (χ2v) is 7.15. The van der Waals surface area contributed by atoms with E-state index in [2.05, 4.69) is 30.2 Å². The molecule has 3 heterocycles. The molecule has 0 unspecified atom stereocenters. The molecule has 0 atom stereocenters. The van der Waals surface area contributed by atoms with E-state index in [0.717, 1.165) is 43.0 Å². The molecule has 29 heavy (non-hydrogen) atoms. The first-order valence-corrected chi connectivity index (χ1v) is 9.52. The normalized spacial score (nSPS) is 14.9. The van der Waals surface area contributed by atoms with Crippen molar-refractivity contribution < 1.29 is 9.59 Å². The van der Waals surface area contributed by atoms with E-state index in [0.29, 0.717) is 17.8 Å². The lowest BCUT2D eigenvalue weighted by molar-refractivity contribution is -0.117. The maximum atomic E-state index is 12.4. The molecule has 1 aliphatic rings. The Morgan fingerprint density at radius 1 is 1.14 bits per heavy atom. The molecule has 1 N–H and O–H groups in total. The zero-order valence-electron chi connectivity index (χ0n) is 16.5. The van der Waals surface area contributed by atoms with Crippen molar-refractivity contribution in [2.45, 2.75) is 6.92 Å². The predicted molar refractivity (Wildman–Crippen MR) is 110 cm³/mol. The minimum Gasteiger partial charge on any atom is -0.353 e. The highest BCUT2D eigenvalue weighted by Gasteiger charge is 2.22. The van der Waals surface area contributed by atoms with Crippen molar-refractivity contribution >= 4 is 34.2 Å². The van der Waals surface area contributed by atoms with E-state index in [9.17, 15) is 9.59 Å². The van der Waals surface area contributed by atoms with Crippen LogP contribution in [0.1, 0.15) is 17.3 Å². The molecule has 1 amide bonds. The van der Waals surface area contributed by atoms with Gasteiger partial charge in [0, 0.05) is 44.5 Å². The lowest BCUT2D eigenvalue weighted by Crippen LogP contribution is -2.49. The molecule has 150 valence electrons. The SMILES string of the molecule is CC(=O)c1cccc(NC(=O)CN2CCN(c3ncnc4c3cnn4C)CC2)c1. The van der Waals surface area contributed by atoms with Gasteiger partial charge in [-0.3, -0.25) is 19.2 Å². The summed E-state index contributed by atoms with van der Waals surface area (Å²) in [6.07, 6.45) is 3.36. The molecule has 2 aromatic heterocycles. The maximum Gasteiger partial charge on any atom is 0.238 e. The molecule has 4 rings (SSSR count). The van der Waals surface area contributed by atoms with Crippen LogP contribution >= 0.6 is 0 Å². The molecule has 0 spiro atoms. The van der Waals surface area contributed by atoms with Gasteiger partial charge >= 0.3 is 0 Å². The summed E-state index contributed by atoms with van der Waals surface area (Å²) >= 11 is 0. The first-order chi connectivity index (χ1) is 14.0. The lowest BCUT2D eigenvalue weighted by Gasteiger charge is -2.35. The van der Waals surface area contributed by atoms with Crippen molar-refractivity contribution in [3.8, 4) is 0 Å². The van der Waals surface area contributed by atoms with Gasteiger partial charge in [-0.25, -0.2) is 9.97 Å². The molecule has 1 aliphatic heterocycles. The number of ketones is 1. The van der Waals surface area contributed by atoms with Gasteiger partial charge in [0.15, 0.2) is 11.4 Å². The van der Waals surface area contributed by atoms with Crippen LogP contribution < -0.4 is 10.2 Å². The van der Waals surface area contributed by atoms with E-state index < -0.39 is 0 Å². The second kappa shape index (κ2) is 7.96. The number of Topliss-reactive ketones (excluding diaryl/α,β-unsaturated/α-hetero) is 1. The van der Waals surface area contributed by atoms with Crippen LogP contribution in [0.3, 0.4) is 0 Å². The maximum absolute atomic E-state index is 12.4. The largest absolute Gasteiger partial charge is 0.353 e. The molecular weight excluding hydrogens is 370 g/mol. The van der Waals surface area contributed by atoms with Crippen molar-refractivity contribution in [1.29, 1.82) is 0 Å². The zero-order valence-corrected chi connectivity index (χ0v) is 16.5. The minimum absolute atomic E-state index is 0.0235. The third-order valence-corrected chi connectivity index (χ3v) is 5.10. The number of rotatable bonds is 5. The first-order valence-electron chi connectivity index (χ1n) is 9.52. The van der Waals surface area contributed by atoms with Gasteiger partial charge < -0.3 is 10.2 Å². The highest BCUT2D eigenvalue weighted by Crippen LogP contribution is 2.23. The molecule has 0 radical (unpaired) electrons. The standard InChI is InChI=1S/C20H23N7O2/c1-14(28)15-4-3-5-16(10-15)24-18(29)12-26-6-8-27(9-7-26)20-17-11-23-25(2)19(17)21-13-22-20/h3-5,10-11,13H,6-9,12H2,1-2H3,(H,24,29). The fourth-order valence-corrected chi connectivity index (χ4v) is 3.54. The first kappa shape index (κ1) is 19.0. The van der Waals surface area contributed by atoms with Gasteiger partial charge in [0.2, 0.25) is 5.91 Å². The lowest BCUT2D eigenvalue weighted by atomic mass is 10.1. The van der Waals surface area contributed by atoms with Gasteiger partial charge in [0.25, 0.3) is 0 Å². The average molecular weight is 393 g/mol. The van der Waals surface area contributed by atoms with Gasteiger partial charge in [-0.2, -0.15) is 5.10 Å².